The van der Waals surface area contributed by atoms with E-state index in [2.05, 4.69) is 15.0 Å². The third-order valence-corrected chi connectivity index (χ3v) is 3.26. The van der Waals surface area contributed by atoms with Gasteiger partial charge in [0.1, 0.15) is 4.90 Å². The Balaban J connectivity index is 0.000000400. The molecule has 0 aliphatic carbocycles. The van der Waals surface area contributed by atoms with Gasteiger partial charge in [-0.15, -0.1) is 0 Å². The van der Waals surface area contributed by atoms with Crippen LogP contribution in [0.1, 0.15) is 13.8 Å². The van der Waals surface area contributed by atoms with Crippen molar-refractivity contribution in [1.82, 2.24) is 4.98 Å². The zero-order chi connectivity index (χ0) is 18.2. The lowest BCUT2D eigenvalue weighted by molar-refractivity contribution is -0.132. The molecule has 0 fully saturated rings. The molecule has 1 amide bonds. The molecule has 1 aromatic carbocycles. The second-order valence-corrected chi connectivity index (χ2v) is 5.83. The molecule has 1 heterocycles. The van der Waals surface area contributed by atoms with Crippen molar-refractivity contribution >= 4 is 27.7 Å². The minimum atomic E-state index is -4.51. The van der Waals surface area contributed by atoms with E-state index < -0.39 is 21.0 Å². The van der Waals surface area contributed by atoms with Gasteiger partial charge < -0.3 is 10.1 Å². The Labute approximate surface area is 139 Å². The Morgan fingerprint density at radius 3 is 2.12 bits per heavy atom. The van der Waals surface area contributed by atoms with E-state index in [1.807, 2.05) is 18.2 Å². The lowest BCUT2D eigenvalue weighted by Gasteiger charge is -2.09. The third kappa shape index (κ3) is 6.99. The van der Waals surface area contributed by atoms with E-state index in [9.17, 15) is 18.0 Å². The monoisotopic (exact) mass is 352 g/mol. The van der Waals surface area contributed by atoms with Crippen LogP contribution in [-0.2, 0) is 19.7 Å². The lowest BCUT2D eigenvalue weighted by atomic mass is 10.3. The summed E-state index contributed by atoms with van der Waals surface area (Å²) < 4.78 is 35.7. The summed E-state index contributed by atoms with van der Waals surface area (Å²) in [6.07, 6.45) is 3.50. The number of hydrogen-bond donors (Lipinski definition) is 2. The second kappa shape index (κ2) is 8.75. The number of esters is 1. The van der Waals surface area contributed by atoms with Crippen LogP contribution in [0.15, 0.2) is 53.7 Å². The maximum Gasteiger partial charge on any atom is 0.308 e. The highest BCUT2D eigenvalue weighted by molar-refractivity contribution is 7.86. The summed E-state index contributed by atoms with van der Waals surface area (Å²) in [6, 6.07) is 9.13. The molecule has 9 heteroatoms. The van der Waals surface area contributed by atoms with Crippen molar-refractivity contribution in [1.29, 1.82) is 0 Å². The molecule has 8 nitrogen and oxygen atoms in total. The van der Waals surface area contributed by atoms with Gasteiger partial charge in [-0.25, -0.2) is 0 Å². The fraction of sp³-hybridized carbons (Fsp3) is 0.133. The minimum Gasteiger partial charge on any atom is -0.425 e. The molecule has 2 rings (SSSR count). The normalized spacial score (nSPS) is 10.1. The van der Waals surface area contributed by atoms with Crippen molar-refractivity contribution in [2.45, 2.75) is 18.7 Å². The van der Waals surface area contributed by atoms with Gasteiger partial charge in [0.2, 0.25) is 5.91 Å². The molecular formula is C15H16N2O6S. The Morgan fingerprint density at radius 2 is 1.75 bits per heavy atom. The summed E-state index contributed by atoms with van der Waals surface area (Å²) in [6.45, 7) is 2.35. The van der Waals surface area contributed by atoms with Crippen molar-refractivity contribution in [2.75, 3.05) is 5.32 Å². The van der Waals surface area contributed by atoms with E-state index >= 15 is 0 Å². The number of ether oxygens (including phenoxy) is 1. The molecule has 0 radical (unpaired) electrons. The van der Waals surface area contributed by atoms with Gasteiger partial charge in [-0.3, -0.25) is 19.1 Å². The fourth-order valence-electron chi connectivity index (χ4n) is 1.55. The van der Waals surface area contributed by atoms with Gasteiger partial charge in [-0.2, -0.15) is 8.42 Å². The summed E-state index contributed by atoms with van der Waals surface area (Å²) in [5, 5.41) is 2.39. The summed E-state index contributed by atoms with van der Waals surface area (Å²) in [7, 11) is -4.51. The second-order valence-electron chi connectivity index (χ2n) is 4.44. The summed E-state index contributed by atoms with van der Waals surface area (Å²) in [5.74, 6) is -1.47. The predicted molar refractivity (Wildman–Crippen MR) is 86.1 cm³/mol. The summed E-state index contributed by atoms with van der Waals surface area (Å²) in [4.78, 5) is 24.9. The lowest BCUT2D eigenvalue weighted by Crippen LogP contribution is -2.10. The van der Waals surface area contributed by atoms with Crippen LogP contribution in [0.4, 0.5) is 5.69 Å². The first-order valence-electron chi connectivity index (χ1n) is 6.62. The summed E-state index contributed by atoms with van der Waals surface area (Å²) in [5.41, 5.74) is 0.242. The first-order valence-corrected chi connectivity index (χ1v) is 8.06. The van der Waals surface area contributed by atoms with Gasteiger partial charge in [0.25, 0.3) is 10.1 Å². The fourth-order valence-corrected chi connectivity index (χ4v) is 2.14. The van der Waals surface area contributed by atoms with Gasteiger partial charge in [0.15, 0.2) is 5.75 Å². The minimum absolute atomic E-state index is 0.242. The molecule has 0 bridgehead atoms. The van der Waals surface area contributed by atoms with Crippen LogP contribution in [0.5, 0.6) is 5.75 Å². The molecule has 0 atom stereocenters. The van der Waals surface area contributed by atoms with Crippen molar-refractivity contribution < 1.29 is 27.3 Å². The van der Waals surface area contributed by atoms with Gasteiger partial charge in [-0.1, -0.05) is 6.07 Å². The molecule has 128 valence electrons. The van der Waals surface area contributed by atoms with Gasteiger partial charge >= 0.3 is 5.97 Å². The molecule has 2 N–H and O–H groups in total. The highest BCUT2D eigenvalue weighted by atomic mass is 32.2. The Morgan fingerprint density at radius 1 is 1.12 bits per heavy atom. The number of amides is 1. The van der Waals surface area contributed by atoms with Crippen LogP contribution < -0.4 is 10.1 Å². The molecule has 0 saturated carbocycles. The van der Waals surface area contributed by atoms with E-state index in [0.29, 0.717) is 0 Å². The number of anilines is 1. The third-order valence-electron chi connectivity index (χ3n) is 2.36. The van der Waals surface area contributed by atoms with E-state index in [-0.39, 0.29) is 17.3 Å². The molecule has 24 heavy (non-hydrogen) atoms. The molecule has 0 aliphatic rings. The van der Waals surface area contributed by atoms with Gasteiger partial charge in [0, 0.05) is 38.0 Å². The number of rotatable bonds is 3. The summed E-state index contributed by atoms with van der Waals surface area (Å²) >= 11 is 0. The van der Waals surface area contributed by atoms with E-state index in [1.165, 1.54) is 13.0 Å². The van der Waals surface area contributed by atoms with Gasteiger partial charge in [-0.05, 0) is 24.3 Å². The van der Waals surface area contributed by atoms with E-state index in [0.717, 1.165) is 19.1 Å². The van der Waals surface area contributed by atoms with Crippen molar-refractivity contribution in [3.63, 3.8) is 0 Å². The highest BCUT2D eigenvalue weighted by Gasteiger charge is 2.18. The average molecular weight is 352 g/mol. The molecule has 2 aromatic rings. The number of carbonyl (C=O) groups excluding carboxylic acids is 2. The van der Waals surface area contributed by atoms with Crippen LogP contribution >= 0.6 is 0 Å². The molecule has 1 aromatic heterocycles. The molecular weight excluding hydrogens is 336 g/mol. The molecule has 0 aliphatic heterocycles. The van der Waals surface area contributed by atoms with Crippen molar-refractivity contribution in [3.8, 4) is 5.75 Å². The number of hydrogen-bond acceptors (Lipinski definition) is 6. The zero-order valence-corrected chi connectivity index (χ0v) is 13.8. The Hall–Kier alpha value is -2.78. The highest BCUT2D eigenvalue weighted by Crippen LogP contribution is 2.27. The average Bonchev–Trinajstić information content (AvgIpc) is 2.47. The number of aromatic nitrogens is 1. The van der Waals surface area contributed by atoms with E-state index in [4.69, 9.17) is 4.55 Å². The van der Waals surface area contributed by atoms with Crippen LogP contribution in [0.25, 0.3) is 0 Å². The molecule has 0 saturated heterocycles. The number of benzene rings is 1. The Kier molecular flexibility index (Phi) is 7.02. The van der Waals surface area contributed by atoms with E-state index in [1.54, 1.807) is 12.4 Å². The van der Waals surface area contributed by atoms with Crippen molar-refractivity contribution in [3.05, 3.63) is 48.8 Å². The number of nitrogens with zero attached hydrogens (tertiary/aromatic N) is 1. The van der Waals surface area contributed by atoms with Crippen LogP contribution in [-0.4, -0.2) is 29.8 Å². The topological polar surface area (TPSA) is 123 Å². The first-order chi connectivity index (χ1) is 11.2. The zero-order valence-electron chi connectivity index (χ0n) is 13.0. The maximum absolute atomic E-state index is 11.0. The largest absolute Gasteiger partial charge is 0.425 e. The number of carbonyl (C=O) groups is 2. The SMILES string of the molecule is CC(=O)Nc1ccc(S(=O)(=O)O)c(OC(C)=O)c1.c1ccncc1. The predicted octanol–water partition coefficient (Wildman–Crippen LogP) is 1.90. The smallest absolute Gasteiger partial charge is 0.308 e. The molecule has 0 unspecified atom stereocenters. The molecule has 0 spiro atoms. The van der Waals surface area contributed by atoms with Crippen molar-refractivity contribution in [2.24, 2.45) is 0 Å². The number of pyridine rings is 1. The van der Waals surface area contributed by atoms with Crippen LogP contribution in [0.2, 0.25) is 0 Å². The number of nitrogens with one attached hydrogen (secondary N) is 1. The first kappa shape index (κ1) is 19.3. The Bertz CT molecular complexity index is 779. The van der Waals surface area contributed by atoms with Crippen LogP contribution in [0, 0.1) is 0 Å². The quantitative estimate of drug-likeness (QED) is 0.491. The standard InChI is InChI=1S/C10H11NO6S.C5H5N/c1-6(12)11-8-3-4-10(18(14,15)16)9(5-8)17-7(2)13;1-2-4-6-5-3-1/h3-5H,1-2H3,(H,11,12)(H,14,15,16);1-5H. The van der Waals surface area contributed by atoms with Gasteiger partial charge in [0.05, 0.1) is 0 Å². The maximum atomic E-state index is 11.0. The van der Waals surface area contributed by atoms with Crippen LogP contribution in [0.3, 0.4) is 0 Å².